The minimum Gasteiger partial charge on any atom is -0.324 e. The van der Waals surface area contributed by atoms with Gasteiger partial charge in [-0.15, -0.1) is 0 Å². The lowest BCUT2D eigenvalue weighted by molar-refractivity contribution is -0.118. The van der Waals surface area contributed by atoms with Crippen LogP contribution in [0.5, 0.6) is 0 Å². The third-order valence-electron chi connectivity index (χ3n) is 4.12. The zero-order valence-corrected chi connectivity index (χ0v) is 13.4. The average molecular weight is 333 g/mol. The number of aromatic nitrogens is 4. The summed E-state index contributed by atoms with van der Waals surface area (Å²) in [6.45, 7) is 1.65. The quantitative estimate of drug-likeness (QED) is 0.602. The van der Waals surface area contributed by atoms with Crippen molar-refractivity contribution in [2.45, 2.75) is 13.0 Å². The Hall–Kier alpha value is -3.48. The van der Waals surface area contributed by atoms with Gasteiger partial charge in [0.05, 0.1) is 28.3 Å². The Bertz CT molecular complexity index is 1110. The number of hydrogen-bond donors (Lipinski definition) is 2. The van der Waals surface area contributed by atoms with Gasteiger partial charge in [-0.2, -0.15) is 0 Å². The highest BCUT2D eigenvalue weighted by atomic mass is 16.2. The fraction of sp³-hybridized carbons (Fsp3) is 0.111. The fourth-order valence-electron chi connectivity index (χ4n) is 2.72. The predicted octanol–water partition coefficient (Wildman–Crippen LogP) is 2.47. The van der Waals surface area contributed by atoms with Gasteiger partial charge in [0.25, 0.3) is 5.56 Å². The molecule has 0 saturated carbocycles. The van der Waals surface area contributed by atoms with Crippen molar-refractivity contribution >= 4 is 33.8 Å². The van der Waals surface area contributed by atoms with Crippen LogP contribution in [0.1, 0.15) is 13.0 Å². The van der Waals surface area contributed by atoms with E-state index in [0.29, 0.717) is 16.9 Å². The van der Waals surface area contributed by atoms with E-state index in [4.69, 9.17) is 0 Å². The molecule has 7 nitrogen and oxygen atoms in total. The predicted molar refractivity (Wildman–Crippen MR) is 95.4 cm³/mol. The summed E-state index contributed by atoms with van der Waals surface area (Å²) >= 11 is 0. The lowest BCUT2D eigenvalue weighted by Crippen LogP contribution is -2.32. The van der Waals surface area contributed by atoms with Crippen molar-refractivity contribution in [1.82, 2.24) is 19.5 Å². The van der Waals surface area contributed by atoms with Gasteiger partial charge < -0.3 is 4.98 Å². The van der Waals surface area contributed by atoms with Crippen LogP contribution in [0, 0.1) is 0 Å². The maximum atomic E-state index is 12.6. The molecule has 4 rings (SSSR count). The minimum atomic E-state index is -0.724. The van der Waals surface area contributed by atoms with E-state index in [2.05, 4.69) is 20.3 Å². The summed E-state index contributed by atoms with van der Waals surface area (Å²) in [5, 5.41) is 3.19. The number of nitrogens with one attached hydrogen (secondary N) is 2. The molecule has 2 aromatic carbocycles. The molecule has 0 aliphatic carbocycles. The van der Waals surface area contributed by atoms with Gasteiger partial charge in [-0.25, -0.2) is 9.97 Å². The molecule has 2 N–H and O–H groups in total. The molecule has 124 valence electrons. The molecule has 2 aromatic heterocycles. The lowest BCUT2D eigenvalue weighted by Gasteiger charge is -2.14. The number of anilines is 1. The highest BCUT2D eigenvalue weighted by Crippen LogP contribution is 2.15. The van der Waals surface area contributed by atoms with Crippen molar-refractivity contribution in [2.75, 3.05) is 5.32 Å². The number of aromatic amines is 1. The van der Waals surface area contributed by atoms with E-state index < -0.39 is 6.04 Å². The maximum absolute atomic E-state index is 12.6. The second kappa shape index (κ2) is 5.86. The first kappa shape index (κ1) is 15.1. The normalized spacial score (nSPS) is 12.4. The highest BCUT2D eigenvalue weighted by molar-refractivity contribution is 5.93. The number of imidazole rings is 1. The van der Waals surface area contributed by atoms with Crippen LogP contribution >= 0.6 is 0 Å². The van der Waals surface area contributed by atoms with Crippen molar-refractivity contribution in [1.29, 1.82) is 0 Å². The number of para-hydroxylation sites is 3. The topological polar surface area (TPSA) is 92.7 Å². The van der Waals surface area contributed by atoms with Crippen LogP contribution < -0.4 is 10.9 Å². The molecule has 0 unspecified atom stereocenters. The standard InChI is InChI=1S/C18H15N5O2/c1-11(23-10-19-13-7-3-2-6-12(13)17(23)25)16(24)22-18-20-14-8-4-5-9-15(14)21-18/h2-11H,1H3,(H2,20,21,22,24)/t11-/m0/s1. The molecule has 0 aliphatic heterocycles. The fourth-order valence-corrected chi connectivity index (χ4v) is 2.72. The Morgan fingerprint density at radius 1 is 1.12 bits per heavy atom. The molecule has 0 saturated heterocycles. The van der Waals surface area contributed by atoms with E-state index in [1.165, 1.54) is 10.9 Å². The van der Waals surface area contributed by atoms with E-state index in [1.54, 1.807) is 25.1 Å². The van der Waals surface area contributed by atoms with Gasteiger partial charge in [0, 0.05) is 0 Å². The summed E-state index contributed by atoms with van der Waals surface area (Å²) < 4.78 is 1.32. The van der Waals surface area contributed by atoms with Crippen molar-refractivity contribution in [2.24, 2.45) is 0 Å². The Kier molecular flexibility index (Phi) is 3.53. The number of hydrogen-bond acceptors (Lipinski definition) is 4. The van der Waals surface area contributed by atoms with E-state index >= 15 is 0 Å². The van der Waals surface area contributed by atoms with Crippen LogP contribution in [0.3, 0.4) is 0 Å². The second-order valence-corrected chi connectivity index (χ2v) is 5.74. The van der Waals surface area contributed by atoms with E-state index in [0.717, 1.165) is 11.0 Å². The zero-order valence-electron chi connectivity index (χ0n) is 13.4. The Balaban J connectivity index is 1.64. The average Bonchev–Trinajstić information content (AvgIpc) is 3.04. The molecule has 0 fully saturated rings. The summed E-state index contributed by atoms with van der Waals surface area (Å²) in [6.07, 6.45) is 1.40. The monoisotopic (exact) mass is 333 g/mol. The molecule has 7 heteroatoms. The molecule has 1 amide bonds. The number of amides is 1. The summed E-state index contributed by atoms with van der Waals surface area (Å²) in [7, 11) is 0. The van der Waals surface area contributed by atoms with Gasteiger partial charge in [-0.3, -0.25) is 19.5 Å². The van der Waals surface area contributed by atoms with Gasteiger partial charge >= 0.3 is 0 Å². The van der Waals surface area contributed by atoms with Crippen LogP contribution in [-0.2, 0) is 4.79 Å². The molecule has 4 aromatic rings. The van der Waals surface area contributed by atoms with Crippen LogP contribution in [0.15, 0.2) is 59.7 Å². The van der Waals surface area contributed by atoms with Crippen molar-refractivity contribution < 1.29 is 4.79 Å². The third-order valence-corrected chi connectivity index (χ3v) is 4.12. The van der Waals surface area contributed by atoms with Crippen molar-refractivity contribution in [3.63, 3.8) is 0 Å². The molecule has 1 atom stereocenters. The first-order valence-corrected chi connectivity index (χ1v) is 7.85. The molecule has 2 heterocycles. The molecule has 0 bridgehead atoms. The van der Waals surface area contributed by atoms with E-state index in [-0.39, 0.29) is 11.5 Å². The first-order chi connectivity index (χ1) is 12.1. The lowest BCUT2D eigenvalue weighted by atomic mass is 10.2. The minimum absolute atomic E-state index is 0.252. The van der Waals surface area contributed by atoms with Crippen molar-refractivity contribution in [3.05, 3.63) is 65.2 Å². The number of fused-ring (bicyclic) bond motifs is 2. The van der Waals surface area contributed by atoms with Gasteiger partial charge in [-0.1, -0.05) is 24.3 Å². The van der Waals surface area contributed by atoms with Gasteiger partial charge in [0.1, 0.15) is 6.04 Å². The number of carbonyl (C=O) groups excluding carboxylic acids is 1. The molecular weight excluding hydrogens is 318 g/mol. The maximum Gasteiger partial charge on any atom is 0.261 e. The number of carbonyl (C=O) groups is 1. The third kappa shape index (κ3) is 2.65. The Morgan fingerprint density at radius 3 is 2.64 bits per heavy atom. The number of H-pyrrole nitrogens is 1. The molecule has 0 aliphatic rings. The number of benzene rings is 2. The first-order valence-electron chi connectivity index (χ1n) is 7.85. The van der Waals surface area contributed by atoms with Gasteiger partial charge in [-0.05, 0) is 31.2 Å². The van der Waals surface area contributed by atoms with E-state index in [9.17, 15) is 9.59 Å². The second-order valence-electron chi connectivity index (χ2n) is 5.74. The SMILES string of the molecule is C[C@@H](C(=O)Nc1nc2ccccc2[nH]1)n1cnc2ccccc2c1=O. The number of nitrogens with zero attached hydrogens (tertiary/aromatic N) is 3. The largest absolute Gasteiger partial charge is 0.324 e. The smallest absolute Gasteiger partial charge is 0.261 e. The Morgan fingerprint density at radius 2 is 1.84 bits per heavy atom. The molecule has 0 radical (unpaired) electrons. The number of rotatable bonds is 3. The summed E-state index contributed by atoms with van der Waals surface area (Å²) in [6, 6.07) is 13.8. The molecular formula is C18H15N5O2. The van der Waals surface area contributed by atoms with Crippen LogP contribution in [0.25, 0.3) is 21.9 Å². The highest BCUT2D eigenvalue weighted by Gasteiger charge is 2.19. The molecule has 25 heavy (non-hydrogen) atoms. The van der Waals surface area contributed by atoms with Crippen LogP contribution in [-0.4, -0.2) is 25.4 Å². The van der Waals surface area contributed by atoms with E-state index in [1.807, 2.05) is 30.3 Å². The van der Waals surface area contributed by atoms with Crippen LogP contribution in [0.2, 0.25) is 0 Å². The van der Waals surface area contributed by atoms with Crippen molar-refractivity contribution in [3.8, 4) is 0 Å². The van der Waals surface area contributed by atoms with Gasteiger partial charge in [0.2, 0.25) is 11.9 Å². The summed E-state index contributed by atoms with van der Waals surface area (Å²) in [4.78, 5) is 36.7. The summed E-state index contributed by atoms with van der Waals surface area (Å²) in [5.74, 6) is -0.00177. The van der Waals surface area contributed by atoms with Crippen LogP contribution in [0.4, 0.5) is 5.95 Å². The summed E-state index contributed by atoms with van der Waals surface area (Å²) in [5.41, 5.74) is 1.94. The van der Waals surface area contributed by atoms with Gasteiger partial charge in [0.15, 0.2) is 0 Å². The zero-order chi connectivity index (χ0) is 17.4. The Labute approximate surface area is 142 Å². The molecule has 0 spiro atoms.